The summed E-state index contributed by atoms with van der Waals surface area (Å²) in [6.45, 7) is 6.09. The number of hydrogen-bond acceptors (Lipinski definition) is 6. The Morgan fingerprint density at radius 2 is 1.58 bits per heavy atom. The Hall–Kier alpha value is -2.84. The van der Waals surface area contributed by atoms with E-state index in [2.05, 4.69) is 36.9 Å². The summed E-state index contributed by atoms with van der Waals surface area (Å²) in [5, 5.41) is 1.15. The van der Waals surface area contributed by atoms with Crippen molar-refractivity contribution < 1.29 is 17.9 Å². The second kappa shape index (κ2) is 8.36. The highest BCUT2D eigenvalue weighted by molar-refractivity contribution is 7.89. The van der Waals surface area contributed by atoms with Crippen molar-refractivity contribution in [2.24, 2.45) is 0 Å². The maximum absolute atomic E-state index is 13.2. The first-order valence-corrected chi connectivity index (χ1v) is 11.6. The number of ether oxygens (including phenoxy) is 2. The lowest BCUT2D eigenvalue weighted by atomic mass is 10.1. The van der Waals surface area contributed by atoms with Crippen LogP contribution in [0.1, 0.15) is 11.1 Å². The van der Waals surface area contributed by atoms with Crippen molar-refractivity contribution in [3.63, 3.8) is 0 Å². The molecule has 1 fully saturated rings. The molecule has 2 heterocycles. The third-order valence-corrected chi connectivity index (χ3v) is 7.68. The molecule has 8 heteroatoms. The Labute approximate surface area is 183 Å². The third-order valence-electron chi connectivity index (χ3n) is 5.79. The molecular weight excluding hydrogens is 414 g/mol. The van der Waals surface area contributed by atoms with E-state index < -0.39 is 10.0 Å². The lowest BCUT2D eigenvalue weighted by Gasteiger charge is -2.35. The molecule has 0 spiro atoms. The summed E-state index contributed by atoms with van der Waals surface area (Å²) in [5.41, 5.74) is 3.30. The summed E-state index contributed by atoms with van der Waals surface area (Å²) < 4.78 is 38.3. The van der Waals surface area contributed by atoms with Gasteiger partial charge < -0.3 is 14.4 Å². The zero-order chi connectivity index (χ0) is 22.2. The van der Waals surface area contributed by atoms with Gasteiger partial charge in [-0.15, -0.1) is 0 Å². The maximum atomic E-state index is 13.2. The minimum atomic E-state index is -3.62. The van der Waals surface area contributed by atoms with Crippen LogP contribution in [0.5, 0.6) is 11.5 Å². The van der Waals surface area contributed by atoms with Gasteiger partial charge in [0.25, 0.3) is 0 Å². The average Bonchev–Trinajstić information content (AvgIpc) is 2.79. The highest BCUT2D eigenvalue weighted by Gasteiger charge is 2.30. The molecule has 2 aromatic carbocycles. The van der Waals surface area contributed by atoms with E-state index in [1.165, 1.54) is 30.2 Å². The number of sulfonamides is 1. The molecule has 1 aliphatic rings. The standard InChI is InChI=1S/C23H27N3O4S/c1-16-6-5-7-19-17(2)14-22(24-23(16)19)25-10-12-26(13-11-25)31(27,28)18-8-9-20(29-3)21(15-18)30-4/h5-9,14-15H,10-13H2,1-4H3. The number of rotatable bonds is 5. The predicted molar refractivity (Wildman–Crippen MR) is 122 cm³/mol. The molecule has 0 radical (unpaired) electrons. The number of piperazine rings is 1. The van der Waals surface area contributed by atoms with E-state index >= 15 is 0 Å². The Morgan fingerprint density at radius 1 is 0.871 bits per heavy atom. The van der Waals surface area contributed by atoms with Crippen LogP contribution in [0, 0.1) is 13.8 Å². The SMILES string of the molecule is COc1ccc(S(=O)(=O)N2CCN(c3cc(C)c4cccc(C)c4n3)CC2)cc1OC. The molecule has 7 nitrogen and oxygen atoms in total. The summed E-state index contributed by atoms with van der Waals surface area (Å²) in [4.78, 5) is 7.23. The van der Waals surface area contributed by atoms with Crippen LogP contribution < -0.4 is 14.4 Å². The fraction of sp³-hybridized carbons (Fsp3) is 0.348. The summed E-state index contributed by atoms with van der Waals surface area (Å²) in [5.74, 6) is 1.79. The van der Waals surface area contributed by atoms with Crippen molar-refractivity contribution in [2.45, 2.75) is 18.7 Å². The second-order valence-corrected chi connectivity index (χ2v) is 9.61. The van der Waals surface area contributed by atoms with Crippen molar-refractivity contribution in [1.29, 1.82) is 0 Å². The van der Waals surface area contributed by atoms with Gasteiger partial charge in [0.1, 0.15) is 5.82 Å². The second-order valence-electron chi connectivity index (χ2n) is 7.68. The smallest absolute Gasteiger partial charge is 0.243 e. The van der Waals surface area contributed by atoms with Crippen LogP contribution in [0.4, 0.5) is 5.82 Å². The molecule has 164 valence electrons. The van der Waals surface area contributed by atoms with Crippen LogP contribution in [0.3, 0.4) is 0 Å². The van der Waals surface area contributed by atoms with Crippen LogP contribution in [0.15, 0.2) is 47.4 Å². The van der Waals surface area contributed by atoms with E-state index in [1.807, 2.05) is 6.07 Å². The molecule has 1 saturated heterocycles. The van der Waals surface area contributed by atoms with E-state index in [-0.39, 0.29) is 4.90 Å². The average molecular weight is 442 g/mol. The number of benzene rings is 2. The number of methoxy groups -OCH3 is 2. The summed E-state index contributed by atoms with van der Waals surface area (Å²) in [7, 11) is -0.608. The molecular formula is C23H27N3O4S. The van der Waals surface area contributed by atoms with Gasteiger partial charge in [0, 0.05) is 37.6 Å². The summed E-state index contributed by atoms with van der Waals surface area (Å²) in [6.07, 6.45) is 0. The van der Waals surface area contributed by atoms with Crippen LogP contribution >= 0.6 is 0 Å². The van der Waals surface area contributed by atoms with Crippen molar-refractivity contribution in [3.05, 3.63) is 53.6 Å². The number of aryl methyl sites for hydroxylation is 2. The number of aromatic nitrogens is 1. The molecule has 0 N–H and O–H groups in total. The molecule has 0 unspecified atom stereocenters. The zero-order valence-corrected chi connectivity index (χ0v) is 19.1. The predicted octanol–water partition coefficient (Wildman–Crippen LogP) is 3.38. The van der Waals surface area contributed by atoms with E-state index in [4.69, 9.17) is 14.5 Å². The van der Waals surface area contributed by atoms with Crippen LogP contribution in [0.25, 0.3) is 10.9 Å². The Bertz CT molecular complexity index is 1220. The van der Waals surface area contributed by atoms with E-state index in [0.29, 0.717) is 37.7 Å². The largest absolute Gasteiger partial charge is 0.493 e. The minimum absolute atomic E-state index is 0.203. The number of fused-ring (bicyclic) bond motifs is 1. The molecule has 0 atom stereocenters. The van der Waals surface area contributed by atoms with Gasteiger partial charge in [0.05, 0.1) is 24.6 Å². The van der Waals surface area contributed by atoms with Gasteiger partial charge in [-0.3, -0.25) is 0 Å². The highest BCUT2D eigenvalue weighted by Crippen LogP contribution is 2.31. The molecule has 1 aliphatic heterocycles. The van der Waals surface area contributed by atoms with Gasteiger partial charge in [-0.1, -0.05) is 18.2 Å². The number of pyridine rings is 1. The molecule has 0 aliphatic carbocycles. The molecule has 0 saturated carbocycles. The molecule has 4 rings (SSSR count). The first kappa shape index (κ1) is 21.4. The fourth-order valence-corrected chi connectivity index (χ4v) is 5.43. The zero-order valence-electron chi connectivity index (χ0n) is 18.3. The summed E-state index contributed by atoms with van der Waals surface area (Å²) >= 11 is 0. The number of hydrogen-bond donors (Lipinski definition) is 0. The van der Waals surface area contributed by atoms with Gasteiger partial charge in [0.2, 0.25) is 10.0 Å². The van der Waals surface area contributed by atoms with Gasteiger partial charge in [0.15, 0.2) is 11.5 Å². The quantitative estimate of drug-likeness (QED) is 0.605. The molecule has 31 heavy (non-hydrogen) atoms. The van der Waals surface area contributed by atoms with Crippen molar-refractivity contribution >= 4 is 26.7 Å². The maximum Gasteiger partial charge on any atom is 0.243 e. The highest BCUT2D eigenvalue weighted by atomic mass is 32.2. The van der Waals surface area contributed by atoms with Gasteiger partial charge in [-0.25, -0.2) is 13.4 Å². The Balaban J connectivity index is 1.55. The third kappa shape index (κ3) is 3.93. The Morgan fingerprint density at radius 3 is 2.26 bits per heavy atom. The lowest BCUT2D eigenvalue weighted by Crippen LogP contribution is -2.48. The Kier molecular flexibility index (Phi) is 5.77. The topological polar surface area (TPSA) is 72.0 Å². The molecule has 0 amide bonds. The normalized spacial score (nSPS) is 15.3. The molecule has 0 bridgehead atoms. The van der Waals surface area contributed by atoms with Gasteiger partial charge >= 0.3 is 0 Å². The van der Waals surface area contributed by atoms with Crippen molar-refractivity contribution in [2.75, 3.05) is 45.3 Å². The fourth-order valence-electron chi connectivity index (χ4n) is 3.99. The van der Waals surface area contributed by atoms with E-state index in [9.17, 15) is 8.42 Å². The van der Waals surface area contributed by atoms with Gasteiger partial charge in [-0.05, 0) is 43.2 Å². The van der Waals surface area contributed by atoms with E-state index in [0.717, 1.165) is 22.3 Å². The number of anilines is 1. The van der Waals surface area contributed by atoms with Crippen molar-refractivity contribution in [3.8, 4) is 11.5 Å². The van der Waals surface area contributed by atoms with Gasteiger partial charge in [-0.2, -0.15) is 4.31 Å². The van der Waals surface area contributed by atoms with Crippen molar-refractivity contribution in [1.82, 2.24) is 9.29 Å². The van der Waals surface area contributed by atoms with Crippen LogP contribution in [0.2, 0.25) is 0 Å². The summed E-state index contributed by atoms with van der Waals surface area (Å²) in [6, 6.07) is 13.0. The van der Waals surface area contributed by atoms with Crippen LogP contribution in [-0.4, -0.2) is 58.1 Å². The lowest BCUT2D eigenvalue weighted by molar-refractivity contribution is 0.353. The first-order valence-electron chi connectivity index (χ1n) is 10.2. The van der Waals surface area contributed by atoms with Crippen LogP contribution in [-0.2, 0) is 10.0 Å². The number of nitrogens with zero attached hydrogens (tertiary/aromatic N) is 3. The molecule has 1 aromatic heterocycles. The minimum Gasteiger partial charge on any atom is -0.493 e. The van der Waals surface area contributed by atoms with E-state index in [1.54, 1.807) is 12.1 Å². The first-order chi connectivity index (χ1) is 14.8. The molecule has 3 aromatic rings. The monoisotopic (exact) mass is 441 g/mol. The number of para-hydroxylation sites is 1.